The highest BCUT2D eigenvalue weighted by Crippen LogP contribution is 2.27. The number of ether oxygens (including phenoxy) is 1. The summed E-state index contributed by atoms with van der Waals surface area (Å²) in [7, 11) is -2.38. The maximum Gasteiger partial charge on any atom is 0.262 e. The van der Waals surface area contributed by atoms with Gasteiger partial charge in [-0.25, -0.2) is 8.42 Å². The van der Waals surface area contributed by atoms with Crippen molar-refractivity contribution in [3.05, 3.63) is 53.6 Å². The number of carbonyl (C=O) groups is 1. The zero-order valence-electron chi connectivity index (χ0n) is 14.1. The lowest BCUT2D eigenvalue weighted by molar-refractivity contribution is 0.0951. The molecule has 0 radical (unpaired) electrons. The Morgan fingerprint density at radius 3 is 2.56 bits per heavy atom. The highest BCUT2D eigenvalue weighted by Gasteiger charge is 2.25. The average molecular weight is 360 g/mol. The zero-order valence-corrected chi connectivity index (χ0v) is 14.9. The van der Waals surface area contributed by atoms with Crippen LogP contribution in [0.2, 0.25) is 0 Å². The number of benzene rings is 2. The second kappa shape index (κ2) is 6.76. The van der Waals surface area contributed by atoms with Gasteiger partial charge in [0.05, 0.1) is 17.7 Å². The fourth-order valence-corrected chi connectivity index (χ4v) is 3.80. The van der Waals surface area contributed by atoms with Crippen LogP contribution in [0.5, 0.6) is 5.75 Å². The first-order valence-electron chi connectivity index (χ1n) is 7.98. The molecular weight excluding hydrogens is 340 g/mol. The Bertz CT molecular complexity index is 905. The molecule has 0 bridgehead atoms. The molecular formula is C18H20N2O4S. The number of sulfonamides is 1. The van der Waals surface area contributed by atoms with Gasteiger partial charge in [-0.05, 0) is 49.6 Å². The van der Waals surface area contributed by atoms with Crippen molar-refractivity contribution in [1.29, 1.82) is 0 Å². The summed E-state index contributed by atoms with van der Waals surface area (Å²) in [6, 6.07) is 11.6. The fraction of sp³-hybridized carbons (Fsp3) is 0.278. The van der Waals surface area contributed by atoms with E-state index in [0.29, 0.717) is 22.6 Å². The van der Waals surface area contributed by atoms with Crippen molar-refractivity contribution in [2.75, 3.05) is 11.8 Å². The molecule has 2 N–H and O–H groups in total. The summed E-state index contributed by atoms with van der Waals surface area (Å²) in [5.41, 5.74) is 1.24. The maximum atomic E-state index is 12.8. The molecule has 2 aromatic rings. The Kier molecular flexibility index (Phi) is 4.67. The number of aryl methyl sites for hydroxylation is 1. The Hall–Kier alpha value is -2.54. The van der Waals surface area contributed by atoms with Gasteiger partial charge in [-0.2, -0.15) is 0 Å². The predicted molar refractivity (Wildman–Crippen MR) is 95.5 cm³/mol. The van der Waals surface area contributed by atoms with Gasteiger partial charge in [0.15, 0.2) is 0 Å². The van der Waals surface area contributed by atoms with Crippen molar-refractivity contribution in [3.63, 3.8) is 0 Å². The molecule has 1 saturated carbocycles. The van der Waals surface area contributed by atoms with E-state index in [1.807, 2.05) is 0 Å². The third kappa shape index (κ3) is 3.93. The van der Waals surface area contributed by atoms with E-state index in [-0.39, 0.29) is 16.8 Å². The minimum atomic E-state index is -3.86. The molecule has 25 heavy (non-hydrogen) atoms. The number of nitrogens with one attached hydrogen (secondary N) is 2. The number of hydrogen-bond acceptors (Lipinski definition) is 4. The number of hydrogen-bond donors (Lipinski definition) is 2. The molecule has 1 fully saturated rings. The lowest BCUT2D eigenvalue weighted by atomic mass is 10.1. The van der Waals surface area contributed by atoms with Crippen LogP contribution in [0.25, 0.3) is 0 Å². The molecule has 1 amide bonds. The molecule has 7 heteroatoms. The van der Waals surface area contributed by atoms with Crippen molar-refractivity contribution in [1.82, 2.24) is 5.32 Å². The molecule has 6 nitrogen and oxygen atoms in total. The number of methoxy groups -OCH3 is 1. The summed E-state index contributed by atoms with van der Waals surface area (Å²) in [6.45, 7) is 1.69. The summed E-state index contributed by atoms with van der Waals surface area (Å²) < 4.78 is 33.3. The first kappa shape index (κ1) is 17.3. The highest BCUT2D eigenvalue weighted by atomic mass is 32.2. The van der Waals surface area contributed by atoms with Crippen LogP contribution in [0.1, 0.15) is 28.8 Å². The largest absolute Gasteiger partial charge is 0.495 e. The normalized spacial score (nSPS) is 14.0. The molecule has 2 aromatic carbocycles. The smallest absolute Gasteiger partial charge is 0.262 e. The first-order valence-corrected chi connectivity index (χ1v) is 9.46. The molecule has 0 aromatic heterocycles. The van der Waals surface area contributed by atoms with E-state index < -0.39 is 10.0 Å². The van der Waals surface area contributed by atoms with Crippen LogP contribution in [-0.2, 0) is 10.0 Å². The molecule has 3 rings (SSSR count). The van der Waals surface area contributed by atoms with Gasteiger partial charge in [-0.15, -0.1) is 0 Å². The topological polar surface area (TPSA) is 84.5 Å². The van der Waals surface area contributed by atoms with Crippen LogP contribution < -0.4 is 14.8 Å². The highest BCUT2D eigenvalue weighted by molar-refractivity contribution is 7.92. The Morgan fingerprint density at radius 1 is 1.16 bits per heavy atom. The summed E-state index contributed by atoms with van der Waals surface area (Å²) in [5, 5.41) is 2.86. The van der Waals surface area contributed by atoms with Crippen LogP contribution >= 0.6 is 0 Å². The minimum Gasteiger partial charge on any atom is -0.495 e. The molecule has 0 aliphatic heterocycles. The van der Waals surface area contributed by atoms with Gasteiger partial charge < -0.3 is 10.1 Å². The molecule has 0 atom stereocenters. The first-order chi connectivity index (χ1) is 11.9. The zero-order chi connectivity index (χ0) is 18.0. The summed E-state index contributed by atoms with van der Waals surface area (Å²) in [4.78, 5) is 12.3. The van der Waals surface area contributed by atoms with Crippen molar-refractivity contribution in [3.8, 4) is 5.75 Å². The average Bonchev–Trinajstić information content (AvgIpc) is 3.39. The van der Waals surface area contributed by atoms with Crippen molar-refractivity contribution >= 4 is 21.6 Å². The molecule has 1 aliphatic rings. The molecule has 0 unspecified atom stereocenters. The molecule has 132 valence electrons. The Labute approximate surface area is 147 Å². The third-order valence-electron chi connectivity index (χ3n) is 4.00. The third-order valence-corrected chi connectivity index (χ3v) is 5.51. The van der Waals surface area contributed by atoms with E-state index in [1.165, 1.54) is 13.2 Å². The van der Waals surface area contributed by atoms with E-state index >= 15 is 0 Å². The number of amides is 1. The summed E-state index contributed by atoms with van der Waals surface area (Å²) in [6.07, 6.45) is 1.94. The van der Waals surface area contributed by atoms with Gasteiger partial charge in [0.25, 0.3) is 15.9 Å². The predicted octanol–water partition coefficient (Wildman–Crippen LogP) is 2.70. The fourth-order valence-electron chi connectivity index (χ4n) is 2.46. The SMILES string of the molecule is COc1ccccc1NS(=O)(=O)c1cc(C(=O)NC2CC2)ccc1C. The molecule has 0 heterocycles. The Morgan fingerprint density at radius 2 is 1.88 bits per heavy atom. The number of para-hydroxylation sites is 2. The van der Waals surface area contributed by atoms with Crippen LogP contribution in [0.3, 0.4) is 0 Å². The van der Waals surface area contributed by atoms with Crippen molar-refractivity contribution < 1.29 is 17.9 Å². The van der Waals surface area contributed by atoms with E-state index in [0.717, 1.165) is 12.8 Å². The lowest BCUT2D eigenvalue weighted by Crippen LogP contribution is -2.26. The van der Waals surface area contributed by atoms with E-state index in [1.54, 1.807) is 43.3 Å². The maximum absolute atomic E-state index is 12.8. The van der Waals surface area contributed by atoms with E-state index in [4.69, 9.17) is 4.74 Å². The quantitative estimate of drug-likeness (QED) is 0.829. The molecule has 1 aliphatic carbocycles. The summed E-state index contributed by atoms with van der Waals surface area (Å²) in [5.74, 6) is 0.169. The van der Waals surface area contributed by atoms with E-state index in [2.05, 4.69) is 10.0 Å². The van der Waals surface area contributed by atoms with Gasteiger partial charge >= 0.3 is 0 Å². The van der Waals surface area contributed by atoms with Gasteiger partial charge in [0, 0.05) is 11.6 Å². The standard InChI is InChI=1S/C18H20N2O4S/c1-12-7-8-13(18(21)19-14-9-10-14)11-17(12)25(22,23)20-15-5-3-4-6-16(15)24-2/h3-8,11,14,20H,9-10H2,1-2H3,(H,19,21). The van der Waals surface area contributed by atoms with Crippen molar-refractivity contribution in [2.45, 2.75) is 30.7 Å². The second-order valence-electron chi connectivity index (χ2n) is 6.03. The van der Waals surface area contributed by atoms with Crippen LogP contribution in [0.4, 0.5) is 5.69 Å². The van der Waals surface area contributed by atoms with Gasteiger partial charge in [-0.3, -0.25) is 9.52 Å². The Balaban J connectivity index is 1.91. The summed E-state index contributed by atoms with van der Waals surface area (Å²) >= 11 is 0. The number of rotatable bonds is 6. The molecule has 0 spiro atoms. The van der Waals surface area contributed by atoms with Crippen molar-refractivity contribution in [2.24, 2.45) is 0 Å². The van der Waals surface area contributed by atoms with Gasteiger partial charge in [0.2, 0.25) is 0 Å². The monoisotopic (exact) mass is 360 g/mol. The molecule has 0 saturated heterocycles. The van der Waals surface area contributed by atoms with Crippen LogP contribution in [-0.4, -0.2) is 27.5 Å². The van der Waals surface area contributed by atoms with Gasteiger partial charge in [-0.1, -0.05) is 18.2 Å². The number of anilines is 1. The minimum absolute atomic E-state index is 0.0712. The number of carbonyl (C=O) groups excluding carboxylic acids is 1. The van der Waals surface area contributed by atoms with Crippen LogP contribution in [0, 0.1) is 6.92 Å². The lowest BCUT2D eigenvalue weighted by Gasteiger charge is -2.14. The van der Waals surface area contributed by atoms with E-state index in [9.17, 15) is 13.2 Å². The van der Waals surface area contributed by atoms with Crippen LogP contribution in [0.15, 0.2) is 47.4 Å². The second-order valence-corrected chi connectivity index (χ2v) is 7.68. The van der Waals surface area contributed by atoms with Gasteiger partial charge in [0.1, 0.15) is 5.75 Å².